The number of amides is 1. The zero-order chi connectivity index (χ0) is 21.5. The van der Waals surface area contributed by atoms with Crippen molar-refractivity contribution in [1.29, 1.82) is 0 Å². The molecule has 2 atom stereocenters. The summed E-state index contributed by atoms with van der Waals surface area (Å²) in [4.78, 5) is 35.6. The predicted molar refractivity (Wildman–Crippen MR) is 125 cm³/mol. The molecular formula is C24H30N4O2S. The molecule has 7 heteroatoms. The topological polar surface area (TPSA) is 66.7 Å². The molecule has 1 N–H and O–H groups in total. The maximum Gasteiger partial charge on any atom is 0.266 e. The fourth-order valence-electron chi connectivity index (χ4n) is 5.33. The summed E-state index contributed by atoms with van der Waals surface area (Å²) < 4.78 is 1.55. The van der Waals surface area contributed by atoms with Crippen LogP contribution in [0.2, 0.25) is 0 Å². The molecule has 0 aromatic carbocycles. The highest BCUT2D eigenvalue weighted by Gasteiger charge is 2.25. The summed E-state index contributed by atoms with van der Waals surface area (Å²) in [6.45, 7) is 5.97. The number of aromatic nitrogens is 2. The summed E-state index contributed by atoms with van der Waals surface area (Å²) in [7, 11) is 0. The average molecular weight is 439 g/mol. The lowest BCUT2D eigenvalue weighted by Gasteiger charge is -2.39. The second kappa shape index (κ2) is 8.36. The summed E-state index contributed by atoms with van der Waals surface area (Å²) in [6.07, 6.45) is 9.71. The van der Waals surface area contributed by atoms with Crippen LogP contribution in [0.4, 0.5) is 0 Å². The van der Waals surface area contributed by atoms with Crippen LogP contribution in [0.25, 0.3) is 15.9 Å². The van der Waals surface area contributed by atoms with Gasteiger partial charge in [0.1, 0.15) is 4.83 Å². The van der Waals surface area contributed by atoms with Gasteiger partial charge in [0.25, 0.3) is 11.5 Å². The van der Waals surface area contributed by atoms with E-state index in [1.54, 1.807) is 34.1 Å². The SMILES string of the molecule is C[C@H]1CCC[C@H](C)N1CCNC(=O)c1cccn2c(=O)c3c4c(sc3nc12)CCCC4. The van der Waals surface area contributed by atoms with Crippen molar-refractivity contribution in [3.8, 4) is 0 Å². The first-order valence-electron chi connectivity index (χ1n) is 11.5. The third kappa shape index (κ3) is 3.68. The van der Waals surface area contributed by atoms with Crippen LogP contribution in [0, 0.1) is 0 Å². The van der Waals surface area contributed by atoms with Crippen molar-refractivity contribution in [2.45, 2.75) is 70.9 Å². The van der Waals surface area contributed by atoms with E-state index in [9.17, 15) is 9.59 Å². The molecule has 1 fully saturated rings. The van der Waals surface area contributed by atoms with Gasteiger partial charge in [-0.05, 0) is 70.1 Å². The Morgan fingerprint density at radius 3 is 2.77 bits per heavy atom. The maximum atomic E-state index is 13.3. The van der Waals surface area contributed by atoms with Crippen LogP contribution in [0.3, 0.4) is 0 Å². The highest BCUT2D eigenvalue weighted by molar-refractivity contribution is 7.18. The second-order valence-electron chi connectivity index (χ2n) is 9.05. The van der Waals surface area contributed by atoms with Crippen molar-refractivity contribution < 1.29 is 4.79 Å². The molecule has 0 saturated carbocycles. The Hall–Kier alpha value is -2.25. The first kappa shape index (κ1) is 20.6. The van der Waals surface area contributed by atoms with Crippen LogP contribution in [0.15, 0.2) is 23.1 Å². The van der Waals surface area contributed by atoms with Gasteiger partial charge < -0.3 is 5.32 Å². The first-order valence-corrected chi connectivity index (χ1v) is 12.4. The van der Waals surface area contributed by atoms with Crippen molar-refractivity contribution >= 4 is 33.1 Å². The van der Waals surface area contributed by atoms with E-state index in [1.807, 2.05) is 0 Å². The van der Waals surface area contributed by atoms with Gasteiger partial charge in [0, 0.05) is 36.2 Å². The Kier molecular flexibility index (Phi) is 5.56. The summed E-state index contributed by atoms with van der Waals surface area (Å²) in [5.41, 5.74) is 2.05. The fraction of sp³-hybridized carbons (Fsp3) is 0.542. The molecule has 0 radical (unpaired) electrons. The molecule has 31 heavy (non-hydrogen) atoms. The zero-order valence-corrected chi connectivity index (χ0v) is 19.1. The summed E-state index contributed by atoms with van der Waals surface area (Å²) in [5.74, 6) is -0.164. The largest absolute Gasteiger partial charge is 0.351 e. The van der Waals surface area contributed by atoms with E-state index in [4.69, 9.17) is 4.98 Å². The first-order chi connectivity index (χ1) is 15.0. The van der Waals surface area contributed by atoms with Gasteiger partial charge in [0.2, 0.25) is 0 Å². The average Bonchev–Trinajstić information content (AvgIpc) is 3.14. The standard InChI is InChI=1S/C24H30N4O2S/c1-15-7-5-8-16(2)27(15)14-12-25-22(29)18-10-6-13-28-21(18)26-23-20(24(28)30)17-9-3-4-11-19(17)31-23/h6,10,13,15-16H,3-5,7-9,11-12,14H2,1-2H3,(H,25,29)/t15-,16-/m0/s1. The van der Waals surface area contributed by atoms with Crippen molar-refractivity contribution in [2.24, 2.45) is 0 Å². The van der Waals surface area contributed by atoms with Crippen LogP contribution in [0.5, 0.6) is 0 Å². The Labute approximate surface area is 186 Å². The number of nitrogens with one attached hydrogen (secondary N) is 1. The van der Waals surface area contributed by atoms with Gasteiger partial charge >= 0.3 is 0 Å². The van der Waals surface area contributed by atoms with Gasteiger partial charge in [-0.25, -0.2) is 4.98 Å². The number of fused-ring (bicyclic) bond motifs is 4. The third-order valence-corrected chi connectivity index (χ3v) is 8.22. The molecule has 1 aliphatic carbocycles. The molecular weight excluding hydrogens is 408 g/mol. The minimum absolute atomic E-state index is 0.0509. The highest BCUT2D eigenvalue weighted by atomic mass is 32.1. The molecule has 5 rings (SSSR count). The Morgan fingerprint density at radius 2 is 1.97 bits per heavy atom. The number of pyridine rings is 1. The van der Waals surface area contributed by atoms with E-state index in [0.29, 0.717) is 29.8 Å². The molecule has 0 bridgehead atoms. The normalized spacial score (nSPS) is 22.0. The summed E-state index contributed by atoms with van der Waals surface area (Å²) >= 11 is 1.62. The molecule has 1 saturated heterocycles. The van der Waals surface area contributed by atoms with Crippen LogP contribution >= 0.6 is 11.3 Å². The number of carbonyl (C=O) groups is 1. The van der Waals surface area contributed by atoms with Gasteiger partial charge in [0.05, 0.1) is 10.9 Å². The molecule has 3 aromatic heterocycles. The molecule has 1 aliphatic heterocycles. The molecule has 0 spiro atoms. The minimum atomic E-state index is -0.164. The number of aryl methyl sites for hydroxylation is 2. The summed E-state index contributed by atoms with van der Waals surface area (Å²) in [6, 6.07) is 4.64. The third-order valence-electron chi connectivity index (χ3n) is 7.04. The van der Waals surface area contributed by atoms with Gasteiger partial charge in [-0.15, -0.1) is 11.3 Å². The fourth-order valence-corrected chi connectivity index (χ4v) is 6.58. The van der Waals surface area contributed by atoms with Crippen molar-refractivity contribution in [1.82, 2.24) is 19.6 Å². The van der Waals surface area contributed by atoms with Crippen molar-refractivity contribution in [2.75, 3.05) is 13.1 Å². The zero-order valence-electron chi connectivity index (χ0n) is 18.3. The Balaban J connectivity index is 1.42. The minimum Gasteiger partial charge on any atom is -0.351 e. The number of hydrogen-bond acceptors (Lipinski definition) is 5. The number of carbonyl (C=O) groups excluding carboxylic acids is 1. The molecule has 4 heterocycles. The van der Waals surface area contributed by atoms with Crippen LogP contribution in [-0.2, 0) is 12.8 Å². The molecule has 3 aromatic rings. The lowest BCUT2D eigenvalue weighted by Crippen LogP contribution is -2.47. The van der Waals surface area contributed by atoms with E-state index in [-0.39, 0.29) is 11.5 Å². The molecule has 2 aliphatic rings. The smallest absolute Gasteiger partial charge is 0.266 e. The van der Waals surface area contributed by atoms with Gasteiger partial charge in [-0.3, -0.25) is 18.9 Å². The number of hydrogen-bond donors (Lipinski definition) is 1. The predicted octanol–water partition coefficient (Wildman–Crippen LogP) is 3.78. The number of piperidine rings is 1. The van der Waals surface area contributed by atoms with E-state index in [0.717, 1.165) is 36.0 Å². The molecule has 6 nitrogen and oxygen atoms in total. The van der Waals surface area contributed by atoms with E-state index in [1.165, 1.54) is 36.1 Å². The maximum absolute atomic E-state index is 13.3. The number of thiophene rings is 1. The molecule has 1 amide bonds. The molecule has 0 unspecified atom stereocenters. The second-order valence-corrected chi connectivity index (χ2v) is 10.1. The number of nitrogens with zero attached hydrogens (tertiary/aromatic N) is 3. The van der Waals surface area contributed by atoms with E-state index >= 15 is 0 Å². The van der Waals surface area contributed by atoms with Crippen LogP contribution < -0.4 is 10.9 Å². The highest BCUT2D eigenvalue weighted by Crippen LogP contribution is 2.34. The number of rotatable bonds is 4. The van der Waals surface area contributed by atoms with Crippen LogP contribution in [-0.4, -0.2) is 45.4 Å². The lowest BCUT2D eigenvalue weighted by molar-refractivity contribution is 0.0890. The van der Waals surface area contributed by atoms with Crippen LogP contribution in [0.1, 0.15) is 66.8 Å². The Morgan fingerprint density at radius 1 is 1.19 bits per heavy atom. The summed E-state index contributed by atoms with van der Waals surface area (Å²) in [5, 5.41) is 3.82. The Bertz CT molecular complexity index is 1190. The van der Waals surface area contributed by atoms with Gasteiger partial charge in [-0.1, -0.05) is 6.42 Å². The lowest BCUT2D eigenvalue weighted by atomic mass is 9.97. The number of likely N-dealkylation sites (tertiary alicyclic amines) is 1. The monoisotopic (exact) mass is 438 g/mol. The van der Waals surface area contributed by atoms with Gasteiger partial charge in [0.15, 0.2) is 5.65 Å². The quantitative estimate of drug-likeness (QED) is 0.673. The van der Waals surface area contributed by atoms with E-state index < -0.39 is 0 Å². The van der Waals surface area contributed by atoms with Gasteiger partial charge in [-0.2, -0.15) is 0 Å². The van der Waals surface area contributed by atoms with E-state index in [2.05, 4.69) is 24.1 Å². The van der Waals surface area contributed by atoms with Crippen molar-refractivity contribution in [3.05, 3.63) is 44.7 Å². The van der Waals surface area contributed by atoms with Crippen molar-refractivity contribution in [3.63, 3.8) is 0 Å². The molecule has 164 valence electrons.